The summed E-state index contributed by atoms with van der Waals surface area (Å²) in [6, 6.07) is 18.5. The van der Waals surface area contributed by atoms with Crippen LogP contribution in [0.4, 0.5) is 4.79 Å². The molecule has 4 heteroatoms. The third-order valence-electron chi connectivity index (χ3n) is 4.42. The summed E-state index contributed by atoms with van der Waals surface area (Å²) in [5.41, 5.74) is 5.82. The first kappa shape index (κ1) is 16.4. The Morgan fingerprint density at radius 2 is 1.73 bits per heavy atom. The molecule has 3 aromatic rings. The van der Waals surface area contributed by atoms with Crippen LogP contribution in [0.15, 0.2) is 65.4 Å². The van der Waals surface area contributed by atoms with Crippen molar-refractivity contribution in [3.8, 4) is 23.0 Å². The molecule has 0 spiro atoms. The number of rotatable bonds is 3. The van der Waals surface area contributed by atoms with E-state index in [1.165, 1.54) is 22.3 Å². The second-order valence-electron chi connectivity index (χ2n) is 5.99. The third-order valence-corrected chi connectivity index (χ3v) is 5.10. The van der Waals surface area contributed by atoms with Crippen molar-refractivity contribution >= 4 is 17.4 Å². The van der Waals surface area contributed by atoms with Crippen LogP contribution >= 0.6 is 11.3 Å². The molecule has 3 nitrogen and oxygen atoms in total. The first-order valence-corrected chi connectivity index (χ1v) is 9.37. The molecule has 0 bridgehead atoms. The van der Waals surface area contributed by atoms with Gasteiger partial charge >= 0.3 is 6.09 Å². The van der Waals surface area contributed by atoms with E-state index in [0.29, 0.717) is 6.61 Å². The van der Waals surface area contributed by atoms with E-state index in [1.807, 2.05) is 41.1 Å². The molecular formula is C22H17NO2S. The molecule has 26 heavy (non-hydrogen) atoms. The van der Waals surface area contributed by atoms with Crippen LogP contribution in [0.5, 0.6) is 0 Å². The molecule has 0 saturated heterocycles. The third kappa shape index (κ3) is 3.35. The van der Waals surface area contributed by atoms with Crippen molar-refractivity contribution in [3.05, 3.63) is 82.0 Å². The number of carbonyl (C=O) groups excluding carboxylic acids is 1. The molecule has 0 radical (unpaired) electrons. The van der Waals surface area contributed by atoms with E-state index < -0.39 is 6.09 Å². The first-order valence-electron chi connectivity index (χ1n) is 8.43. The van der Waals surface area contributed by atoms with Crippen LogP contribution in [0.2, 0.25) is 0 Å². The van der Waals surface area contributed by atoms with Gasteiger partial charge in [-0.3, -0.25) is 0 Å². The zero-order valence-corrected chi connectivity index (χ0v) is 14.9. The van der Waals surface area contributed by atoms with Gasteiger partial charge < -0.3 is 10.1 Å². The minimum atomic E-state index is -0.438. The molecule has 1 aliphatic carbocycles. The summed E-state index contributed by atoms with van der Waals surface area (Å²) in [5.74, 6) is 5.99. The van der Waals surface area contributed by atoms with E-state index in [-0.39, 0.29) is 12.5 Å². The van der Waals surface area contributed by atoms with Crippen molar-refractivity contribution in [1.82, 2.24) is 5.32 Å². The van der Waals surface area contributed by atoms with Crippen LogP contribution in [0.25, 0.3) is 11.1 Å². The van der Waals surface area contributed by atoms with E-state index in [0.717, 1.165) is 5.56 Å². The lowest BCUT2D eigenvalue weighted by atomic mass is 9.98. The van der Waals surface area contributed by atoms with Crippen molar-refractivity contribution in [3.63, 3.8) is 0 Å². The van der Waals surface area contributed by atoms with Crippen molar-refractivity contribution in [1.29, 1.82) is 0 Å². The van der Waals surface area contributed by atoms with Gasteiger partial charge in [-0.05, 0) is 33.7 Å². The lowest BCUT2D eigenvalue weighted by Crippen LogP contribution is -2.26. The lowest BCUT2D eigenvalue weighted by Gasteiger charge is -2.14. The van der Waals surface area contributed by atoms with Crippen molar-refractivity contribution in [2.45, 2.75) is 5.92 Å². The second kappa shape index (κ2) is 7.47. The van der Waals surface area contributed by atoms with Gasteiger partial charge in [0.2, 0.25) is 0 Å². The van der Waals surface area contributed by atoms with Crippen molar-refractivity contribution in [2.24, 2.45) is 0 Å². The van der Waals surface area contributed by atoms with Gasteiger partial charge in [0.05, 0.1) is 6.54 Å². The minimum Gasteiger partial charge on any atom is -0.449 e. The minimum absolute atomic E-state index is 0.0741. The van der Waals surface area contributed by atoms with Gasteiger partial charge in [-0.2, -0.15) is 11.3 Å². The standard InChI is InChI=1S/C22H17NO2S/c24-22(23-12-5-6-16-11-13-26-15-16)25-14-21-19-9-3-1-7-17(19)18-8-2-4-10-20(18)21/h1-4,7-11,13,15,21H,12,14H2,(H,23,24). The predicted octanol–water partition coefficient (Wildman–Crippen LogP) is 4.64. The van der Waals surface area contributed by atoms with Gasteiger partial charge in [-0.15, -0.1) is 0 Å². The SMILES string of the molecule is O=C(NCC#Cc1ccsc1)OCC1c2ccccc2-c2ccccc21. The number of hydrogen-bond donors (Lipinski definition) is 1. The molecular weight excluding hydrogens is 342 g/mol. The largest absolute Gasteiger partial charge is 0.449 e. The highest BCUT2D eigenvalue weighted by atomic mass is 32.1. The van der Waals surface area contributed by atoms with Crippen LogP contribution in [0.3, 0.4) is 0 Å². The normalized spacial score (nSPS) is 11.8. The summed E-state index contributed by atoms with van der Waals surface area (Å²) < 4.78 is 5.46. The van der Waals surface area contributed by atoms with E-state index in [2.05, 4.69) is 41.4 Å². The summed E-state index contributed by atoms with van der Waals surface area (Å²) >= 11 is 1.60. The zero-order chi connectivity index (χ0) is 17.8. The Bertz CT molecular complexity index is 937. The zero-order valence-electron chi connectivity index (χ0n) is 14.1. The van der Waals surface area contributed by atoms with Gasteiger partial charge in [0.15, 0.2) is 0 Å². The molecule has 0 saturated carbocycles. The van der Waals surface area contributed by atoms with Crippen LogP contribution in [-0.2, 0) is 4.74 Å². The maximum absolute atomic E-state index is 12.0. The number of fused-ring (bicyclic) bond motifs is 3. The summed E-state index contributed by atoms with van der Waals surface area (Å²) in [6.07, 6.45) is -0.438. The summed E-state index contributed by atoms with van der Waals surface area (Å²) in [5, 5.41) is 6.63. The fraction of sp³-hybridized carbons (Fsp3) is 0.136. The van der Waals surface area contributed by atoms with Gasteiger partial charge in [-0.25, -0.2) is 4.79 Å². The Balaban J connectivity index is 1.38. The Labute approximate surface area is 156 Å². The summed E-state index contributed by atoms with van der Waals surface area (Å²) in [4.78, 5) is 12.0. The highest BCUT2D eigenvalue weighted by Gasteiger charge is 2.28. The molecule has 1 aromatic heterocycles. The molecule has 128 valence electrons. The average molecular weight is 359 g/mol. The second-order valence-corrected chi connectivity index (χ2v) is 6.77. The number of ether oxygens (including phenoxy) is 1. The topological polar surface area (TPSA) is 38.3 Å². The van der Waals surface area contributed by atoms with Gasteiger partial charge in [0.25, 0.3) is 0 Å². The summed E-state index contributed by atoms with van der Waals surface area (Å²) in [6.45, 7) is 0.588. The summed E-state index contributed by atoms with van der Waals surface area (Å²) in [7, 11) is 0. The number of alkyl carbamates (subject to hydrolysis) is 1. The molecule has 0 aliphatic heterocycles. The molecule has 1 N–H and O–H groups in total. The highest BCUT2D eigenvalue weighted by molar-refractivity contribution is 7.08. The fourth-order valence-electron chi connectivity index (χ4n) is 3.25. The van der Waals surface area contributed by atoms with E-state index >= 15 is 0 Å². The fourth-order valence-corrected chi connectivity index (χ4v) is 3.84. The molecule has 2 aromatic carbocycles. The number of amides is 1. The Kier molecular flexibility index (Phi) is 4.72. The van der Waals surface area contributed by atoms with Crippen molar-refractivity contribution in [2.75, 3.05) is 13.2 Å². The van der Waals surface area contributed by atoms with Crippen LogP contribution < -0.4 is 5.32 Å². The van der Waals surface area contributed by atoms with Crippen LogP contribution in [-0.4, -0.2) is 19.2 Å². The quantitative estimate of drug-likeness (QED) is 0.692. The maximum atomic E-state index is 12.0. The number of hydrogen-bond acceptors (Lipinski definition) is 3. The maximum Gasteiger partial charge on any atom is 0.407 e. The first-order chi connectivity index (χ1) is 12.8. The average Bonchev–Trinajstić information content (AvgIpc) is 3.30. The Morgan fingerprint density at radius 3 is 2.38 bits per heavy atom. The molecule has 1 amide bonds. The van der Waals surface area contributed by atoms with Gasteiger partial charge in [-0.1, -0.05) is 60.4 Å². The van der Waals surface area contributed by atoms with Crippen molar-refractivity contribution < 1.29 is 9.53 Å². The molecule has 1 heterocycles. The van der Waals surface area contributed by atoms with E-state index in [4.69, 9.17) is 4.74 Å². The Morgan fingerprint density at radius 1 is 1.04 bits per heavy atom. The smallest absolute Gasteiger partial charge is 0.407 e. The van der Waals surface area contributed by atoms with Crippen LogP contribution in [0.1, 0.15) is 22.6 Å². The van der Waals surface area contributed by atoms with E-state index in [9.17, 15) is 4.79 Å². The molecule has 0 unspecified atom stereocenters. The predicted molar refractivity (Wildman–Crippen MR) is 104 cm³/mol. The van der Waals surface area contributed by atoms with Gasteiger partial charge in [0.1, 0.15) is 6.61 Å². The monoisotopic (exact) mass is 359 g/mol. The Hall–Kier alpha value is -3.03. The number of carbonyl (C=O) groups is 1. The lowest BCUT2D eigenvalue weighted by molar-refractivity contribution is 0.144. The molecule has 1 aliphatic rings. The van der Waals surface area contributed by atoms with Crippen LogP contribution in [0, 0.1) is 11.8 Å². The van der Waals surface area contributed by atoms with E-state index in [1.54, 1.807) is 11.3 Å². The molecule has 4 rings (SSSR count). The molecule has 0 fully saturated rings. The van der Waals surface area contributed by atoms with Gasteiger partial charge in [0, 0.05) is 16.9 Å². The highest BCUT2D eigenvalue weighted by Crippen LogP contribution is 2.44. The number of thiophene rings is 1. The number of benzene rings is 2. The molecule has 0 atom stereocenters. The number of nitrogens with one attached hydrogen (secondary N) is 1.